The van der Waals surface area contributed by atoms with Crippen molar-refractivity contribution in [2.24, 2.45) is 0 Å². The molecule has 0 aliphatic heterocycles. The maximum absolute atomic E-state index is 12.3. The second kappa shape index (κ2) is 9.12. The highest BCUT2D eigenvalue weighted by atomic mass is 16.5. The lowest BCUT2D eigenvalue weighted by molar-refractivity contribution is -0.130. The first-order valence-electron chi connectivity index (χ1n) is 8.55. The van der Waals surface area contributed by atoms with E-state index in [1.54, 1.807) is 12.1 Å². The summed E-state index contributed by atoms with van der Waals surface area (Å²) in [7, 11) is 0. The number of benzene rings is 2. The Kier molecular flexibility index (Phi) is 6.89. The normalized spacial score (nSPS) is 12.9. The van der Waals surface area contributed by atoms with Gasteiger partial charge in [0.25, 0.3) is 5.91 Å². The Balaban J connectivity index is 2.08. The number of nitrogens with one attached hydrogen (secondary N) is 2. The van der Waals surface area contributed by atoms with Crippen molar-refractivity contribution in [3.8, 4) is 11.1 Å². The van der Waals surface area contributed by atoms with Crippen molar-refractivity contribution in [1.82, 2.24) is 10.8 Å². The third-order valence-electron chi connectivity index (χ3n) is 4.27. The zero-order chi connectivity index (χ0) is 19.1. The monoisotopic (exact) mass is 356 g/mol. The number of carbonyl (C=O) groups excluding carboxylic acids is 2. The van der Waals surface area contributed by atoms with Crippen LogP contribution < -0.4 is 10.8 Å². The summed E-state index contributed by atoms with van der Waals surface area (Å²) >= 11 is 0. The zero-order valence-electron chi connectivity index (χ0n) is 14.9. The van der Waals surface area contributed by atoms with E-state index < -0.39 is 24.0 Å². The molecule has 0 heterocycles. The number of hydrogen-bond acceptors (Lipinski definition) is 4. The maximum atomic E-state index is 12.3. The number of hydrogen-bond donors (Lipinski definition) is 4. The summed E-state index contributed by atoms with van der Waals surface area (Å²) in [5.41, 5.74) is 5.25. The predicted molar refractivity (Wildman–Crippen MR) is 98.7 cm³/mol. The van der Waals surface area contributed by atoms with Crippen LogP contribution in [0.3, 0.4) is 0 Å². The van der Waals surface area contributed by atoms with Crippen molar-refractivity contribution in [2.45, 2.75) is 38.8 Å². The molecule has 0 bridgehead atoms. The molecule has 0 aromatic heterocycles. The topological polar surface area (TPSA) is 98.7 Å². The van der Waals surface area contributed by atoms with Crippen LogP contribution in [0.15, 0.2) is 48.5 Å². The number of hydroxylamine groups is 1. The van der Waals surface area contributed by atoms with Gasteiger partial charge in [0.2, 0.25) is 5.91 Å². The lowest BCUT2D eigenvalue weighted by Gasteiger charge is -2.20. The fourth-order valence-electron chi connectivity index (χ4n) is 2.59. The lowest BCUT2D eigenvalue weighted by atomic mass is 10.0. The van der Waals surface area contributed by atoms with Crippen LogP contribution in [-0.4, -0.2) is 34.3 Å². The van der Waals surface area contributed by atoms with Gasteiger partial charge in [0, 0.05) is 5.56 Å². The molecule has 2 aromatic rings. The molecule has 2 aromatic carbocycles. The number of aryl methyl sites for hydroxylation is 1. The van der Waals surface area contributed by atoms with Crippen LogP contribution in [0, 0.1) is 0 Å². The Bertz CT molecular complexity index is 739. The van der Waals surface area contributed by atoms with Crippen molar-refractivity contribution in [3.05, 3.63) is 59.7 Å². The second-order valence-electron chi connectivity index (χ2n) is 6.19. The second-order valence-corrected chi connectivity index (χ2v) is 6.19. The molecule has 0 aliphatic carbocycles. The Morgan fingerprint density at radius 1 is 1.00 bits per heavy atom. The van der Waals surface area contributed by atoms with E-state index >= 15 is 0 Å². The fourth-order valence-corrected chi connectivity index (χ4v) is 2.59. The molecule has 4 N–H and O–H groups in total. The zero-order valence-corrected chi connectivity index (χ0v) is 14.9. The molecule has 138 valence electrons. The van der Waals surface area contributed by atoms with E-state index in [0.717, 1.165) is 17.5 Å². The average molecular weight is 356 g/mol. The van der Waals surface area contributed by atoms with Crippen molar-refractivity contribution in [2.75, 3.05) is 0 Å². The van der Waals surface area contributed by atoms with E-state index in [-0.39, 0.29) is 6.42 Å². The summed E-state index contributed by atoms with van der Waals surface area (Å²) < 4.78 is 0. The summed E-state index contributed by atoms with van der Waals surface area (Å²) in [6.45, 7) is 3.58. The highest BCUT2D eigenvalue weighted by Crippen LogP contribution is 2.20. The SMILES string of the molecule is CCc1ccc(-c2ccc(C(=O)NC(CC(=O)NO)C(C)O)cc2)cc1. The minimum Gasteiger partial charge on any atom is -0.391 e. The molecule has 6 nitrogen and oxygen atoms in total. The molecule has 0 saturated heterocycles. The minimum atomic E-state index is -0.937. The van der Waals surface area contributed by atoms with Gasteiger partial charge < -0.3 is 10.4 Å². The van der Waals surface area contributed by atoms with Gasteiger partial charge in [0.05, 0.1) is 18.6 Å². The van der Waals surface area contributed by atoms with E-state index in [1.165, 1.54) is 18.0 Å². The van der Waals surface area contributed by atoms with Crippen molar-refractivity contribution >= 4 is 11.8 Å². The van der Waals surface area contributed by atoms with Crippen LogP contribution in [0.25, 0.3) is 11.1 Å². The van der Waals surface area contributed by atoms with Crippen molar-refractivity contribution < 1.29 is 19.9 Å². The largest absolute Gasteiger partial charge is 0.391 e. The summed E-state index contributed by atoms with van der Waals surface area (Å²) in [5.74, 6) is -1.07. The quantitative estimate of drug-likeness (QED) is 0.452. The molecule has 0 aliphatic rings. The van der Waals surface area contributed by atoms with E-state index in [9.17, 15) is 14.7 Å². The third-order valence-corrected chi connectivity index (χ3v) is 4.27. The van der Waals surface area contributed by atoms with Gasteiger partial charge in [-0.2, -0.15) is 0 Å². The third kappa shape index (κ3) is 5.15. The van der Waals surface area contributed by atoms with Crippen molar-refractivity contribution in [1.29, 1.82) is 0 Å². The van der Waals surface area contributed by atoms with E-state index in [4.69, 9.17) is 5.21 Å². The van der Waals surface area contributed by atoms with E-state index in [1.807, 2.05) is 24.3 Å². The minimum absolute atomic E-state index is 0.220. The molecule has 6 heteroatoms. The fraction of sp³-hybridized carbons (Fsp3) is 0.300. The van der Waals surface area contributed by atoms with Crippen LogP contribution in [0.2, 0.25) is 0 Å². The smallest absolute Gasteiger partial charge is 0.251 e. The molecule has 2 atom stereocenters. The van der Waals surface area contributed by atoms with E-state index in [2.05, 4.69) is 24.4 Å². The summed E-state index contributed by atoms with van der Waals surface area (Å²) in [5, 5.41) is 20.9. The van der Waals surface area contributed by atoms with Crippen LogP contribution in [0.5, 0.6) is 0 Å². The molecule has 26 heavy (non-hydrogen) atoms. The van der Waals surface area contributed by atoms with Crippen LogP contribution >= 0.6 is 0 Å². The van der Waals surface area contributed by atoms with Gasteiger partial charge in [0.15, 0.2) is 0 Å². The molecule has 2 amide bonds. The number of aliphatic hydroxyl groups is 1. The first kappa shape index (κ1) is 19.6. The molecule has 0 spiro atoms. The molecule has 0 fully saturated rings. The van der Waals surface area contributed by atoms with Gasteiger partial charge in [-0.05, 0) is 42.2 Å². The molecule has 2 unspecified atom stereocenters. The highest BCUT2D eigenvalue weighted by Gasteiger charge is 2.21. The predicted octanol–water partition coefficient (Wildman–Crippen LogP) is 2.29. The number of rotatable bonds is 7. The number of carbonyl (C=O) groups is 2. The molecular weight excluding hydrogens is 332 g/mol. The summed E-state index contributed by atoms with van der Waals surface area (Å²) in [6, 6.07) is 14.6. The summed E-state index contributed by atoms with van der Waals surface area (Å²) in [6.07, 6.45) is -0.174. The Labute approximate surface area is 152 Å². The molecule has 0 saturated carbocycles. The highest BCUT2D eigenvalue weighted by molar-refractivity contribution is 5.95. The van der Waals surface area contributed by atoms with E-state index in [0.29, 0.717) is 5.56 Å². The molecule has 0 radical (unpaired) electrons. The van der Waals surface area contributed by atoms with Gasteiger partial charge in [0.1, 0.15) is 0 Å². The van der Waals surface area contributed by atoms with Crippen molar-refractivity contribution in [3.63, 3.8) is 0 Å². The molecule has 2 rings (SSSR count). The Morgan fingerprint density at radius 3 is 2.00 bits per heavy atom. The van der Waals surface area contributed by atoms with Crippen LogP contribution in [0.1, 0.15) is 36.2 Å². The van der Waals surface area contributed by atoms with Gasteiger partial charge >= 0.3 is 0 Å². The Hall–Kier alpha value is -2.70. The number of aliphatic hydroxyl groups excluding tert-OH is 1. The lowest BCUT2D eigenvalue weighted by Crippen LogP contribution is -2.45. The van der Waals surface area contributed by atoms with Gasteiger partial charge in [-0.3, -0.25) is 14.8 Å². The maximum Gasteiger partial charge on any atom is 0.251 e. The number of amides is 2. The van der Waals surface area contributed by atoms with Gasteiger partial charge in [-0.25, -0.2) is 5.48 Å². The first-order valence-corrected chi connectivity index (χ1v) is 8.55. The molecular formula is C20H24N2O4. The van der Waals surface area contributed by atoms with Gasteiger partial charge in [-0.1, -0.05) is 43.3 Å². The standard InChI is InChI=1S/C20H24N2O4/c1-3-14-4-6-15(7-5-14)16-8-10-17(11-9-16)20(25)21-18(13(2)23)12-19(24)22-26/h4-11,13,18,23,26H,3,12H2,1-2H3,(H,21,25)(H,22,24). The average Bonchev–Trinajstić information content (AvgIpc) is 2.67. The van der Waals surface area contributed by atoms with Crippen LogP contribution in [0.4, 0.5) is 0 Å². The summed E-state index contributed by atoms with van der Waals surface area (Å²) in [4.78, 5) is 23.6. The Morgan fingerprint density at radius 2 is 1.54 bits per heavy atom. The first-order chi connectivity index (χ1) is 12.4. The van der Waals surface area contributed by atoms with Gasteiger partial charge in [-0.15, -0.1) is 0 Å². The van der Waals surface area contributed by atoms with Crippen LogP contribution in [-0.2, 0) is 11.2 Å².